The Morgan fingerprint density at radius 3 is 2.42 bits per heavy atom. The average molecular weight is 263 g/mol. The third kappa shape index (κ3) is 2.59. The number of rotatable bonds is 5. The zero-order valence-corrected chi connectivity index (χ0v) is 11.9. The Hall–Kier alpha value is -1.91. The summed E-state index contributed by atoms with van der Waals surface area (Å²) in [6, 6.07) is 3.79. The zero-order chi connectivity index (χ0) is 14.0. The minimum absolute atomic E-state index is 0.533. The van der Waals surface area contributed by atoms with Crippen molar-refractivity contribution in [1.82, 2.24) is 9.55 Å². The lowest BCUT2D eigenvalue weighted by molar-refractivity contribution is 0.355. The van der Waals surface area contributed by atoms with Crippen LogP contribution >= 0.6 is 0 Å². The van der Waals surface area contributed by atoms with Gasteiger partial charge in [-0.15, -0.1) is 0 Å². The molecule has 5 nitrogen and oxygen atoms in total. The molecular formula is C14H21N3O2. The number of hydrogen-bond donors (Lipinski definition) is 1. The number of nitrogens with zero attached hydrogens (tertiary/aromatic N) is 2. The van der Waals surface area contributed by atoms with Crippen LogP contribution in [0.4, 0.5) is 5.95 Å². The van der Waals surface area contributed by atoms with E-state index in [0.717, 1.165) is 24.0 Å². The molecule has 0 spiro atoms. The lowest BCUT2D eigenvalue weighted by Crippen LogP contribution is -2.05. The summed E-state index contributed by atoms with van der Waals surface area (Å²) in [7, 11) is 3.24. The predicted octanol–water partition coefficient (Wildman–Crippen LogP) is 2.68. The van der Waals surface area contributed by atoms with Crippen LogP contribution in [0, 0.1) is 5.92 Å². The van der Waals surface area contributed by atoms with Gasteiger partial charge in [-0.3, -0.25) is 0 Å². The molecule has 2 N–H and O–H groups in total. The van der Waals surface area contributed by atoms with Crippen molar-refractivity contribution < 1.29 is 9.47 Å². The van der Waals surface area contributed by atoms with Gasteiger partial charge in [0.15, 0.2) is 11.5 Å². The Labute approximate surface area is 113 Å². The molecule has 1 aromatic heterocycles. The van der Waals surface area contributed by atoms with E-state index >= 15 is 0 Å². The molecule has 1 heterocycles. The van der Waals surface area contributed by atoms with E-state index in [-0.39, 0.29) is 0 Å². The number of nitrogen functional groups attached to an aromatic ring is 1. The first-order valence-electron chi connectivity index (χ1n) is 6.44. The van der Waals surface area contributed by atoms with Gasteiger partial charge in [0.05, 0.1) is 25.3 Å². The van der Waals surface area contributed by atoms with E-state index in [1.165, 1.54) is 0 Å². The van der Waals surface area contributed by atoms with Crippen molar-refractivity contribution in [2.24, 2.45) is 5.92 Å². The smallest absolute Gasteiger partial charge is 0.201 e. The molecule has 5 heteroatoms. The first-order chi connectivity index (χ1) is 9.06. The molecule has 1 aromatic carbocycles. The number of aromatic nitrogens is 2. The van der Waals surface area contributed by atoms with Crippen LogP contribution in [0.5, 0.6) is 11.5 Å². The zero-order valence-electron chi connectivity index (χ0n) is 11.9. The maximum atomic E-state index is 5.99. The fraction of sp³-hybridized carbons (Fsp3) is 0.500. The molecule has 0 aliphatic carbocycles. The number of anilines is 1. The Morgan fingerprint density at radius 1 is 1.21 bits per heavy atom. The third-order valence-corrected chi connectivity index (χ3v) is 3.21. The quantitative estimate of drug-likeness (QED) is 0.901. The van der Waals surface area contributed by atoms with Gasteiger partial charge in [0.2, 0.25) is 5.95 Å². The number of fused-ring (bicyclic) bond motifs is 1. The molecule has 0 saturated carbocycles. The topological polar surface area (TPSA) is 62.3 Å². The highest BCUT2D eigenvalue weighted by Crippen LogP contribution is 2.33. The Balaban J connectivity index is 2.49. The summed E-state index contributed by atoms with van der Waals surface area (Å²) >= 11 is 0. The fourth-order valence-corrected chi connectivity index (χ4v) is 2.09. The van der Waals surface area contributed by atoms with Gasteiger partial charge in [-0.25, -0.2) is 4.98 Å². The summed E-state index contributed by atoms with van der Waals surface area (Å²) < 4.78 is 12.6. The highest BCUT2D eigenvalue weighted by molar-refractivity contribution is 5.82. The van der Waals surface area contributed by atoms with Crippen LogP contribution in [0.3, 0.4) is 0 Å². The fourth-order valence-electron chi connectivity index (χ4n) is 2.09. The molecular weight excluding hydrogens is 242 g/mol. The molecule has 0 saturated heterocycles. The van der Waals surface area contributed by atoms with Crippen molar-refractivity contribution in [3.8, 4) is 11.5 Å². The molecule has 0 aliphatic rings. The largest absolute Gasteiger partial charge is 0.493 e. The van der Waals surface area contributed by atoms with Crippen molar-refractivity contribution in [2.75, 3.05) is 20.0 Å². The summed E-state index contributed by atoms with van der Waals surface area (Å²) in [6.07, 6.45) is 1.06. The molecule has 0 amide bonds. The molecule has 0 aliphatic heterocycles. The SMILES string of the molecule is COc1cc2nc(N)n(CCC(C)C)c2cc1OC. The van der Waals surface area contributed by atoms with Crippen LogP contribution in [0.15, 0.2) is 12.1 Å². The van der Waals surface area contributed by atoms with Crippen molar-refractivity contribution in [3.05, 3.63) is 12.1 Å². The standard InChI is InChI=1S/C14H21N3O2/c1-9(2)5-6-17-11-8-13(19-4)12(18-3)7-10(11)16-14(17)15/h7-9H,5-6H2,1-4H3,(H2,15,16). The Morgan fingerprint density at radius 2 is 1.84 bits per heavy atom. The Kier molecular flexibility index (Phi) is 3.83. The molecule has 2 rings (SSSR count). The summed E-state index contributed by atoms with van der Waals surface area (Å²) in [6.45, 7) is 5.24. The summed E-state index contributed by atoms with van der Waals surface area (Å²) in [4.78, 5) is 4.38. The summed E-state index contributed by atoms with van der Waals surface area (Å²) in [5, 5.41) is 0. The number of benzene rings is 1. The molecule has 19 heavy (non-hydrogen) atoms. The summed E-state index contributed by atoms with van der Waals surface area (Å²) in [5.41, 5.74) is 7.81. The Bertz CT molecular complexity index is 576. The summed E-state index contributed by atoms with van der Waals surface area (Å²) in [5.74, 6) is 2.52. The van der Waals surface area contributed by atoms with Gasteiger partial charge >= 0.3 is 0 Å². The van der Waals surface area contributed by atoms with Crippen molar-refractivity contribution in [2.45, 2.75) is 26.8 Å². The predicted molar refractivity (Wildman–Crippen MR) is 76.7 cm³/mol. The highest BCUT2D eigenvalue weighted by Gasteiger charge is 2.13. The molecule has 0 fully saturated rings. The molecule has 0 unspecified atom stereocenters. The first kappa shape index (κ1) is 13.5. The second kappa shape index (κ2) is 5.38. The van der Waals surface area contributed by atoms with Crippen LogP contribution in [0.2, 0.25) is 0 Å². The number of imidazole rings is 1. The number of ether oxygens (including phenoxy) is 2. The molecule has 0 bridgehead atoms. The van der Waals surface area contributed by atoms with Gasteiger partial charge in [0.1, 0.15) is 0 Å². The van der Waals surface area contributed by atoms with Crippen LogP contribution in [-0.2, 0) is 6.54 Å². The van der Waals surface area contributed by atoms with Gasteiger partial charge < -0.3 is 19.8 Å². The van der Waals surface area contributed by atoms with Crippen molar-refractivity contribution in [1.29, 1.82) is 0 Å². The average Bonchev–Trinajstić information content (AvgIpc) is 2.69. The van der Waals surface area contributed by atoms with E-state index in [4.69, 9.17) is 15.2 Å². The van der Waals surface area contributed by atoms with Gasteiger partial charge in [-0.05, 0) is 12.3 Å². The van der Waals surface area contributed by atoms with E-state index in [1.807, 2.05) is 16.7 Å². The number of aryl methyl sites for hydroxylation is 1. The van der Waals surface area contributed by atoms with E-state index in [1.54, 1.807) is 14.2 Å². The molecule has 104 valence electrons. The first-order valence-corrected chi connectivity index (χ1v) is 6.44. The van der Waals surface area contributed by atoms with Crippen LogP contribution in [0.25, 0.3) is 11.0 Å². The van der Waals surface area contributed by atoms with E-state index in [0.29, 0.717) is 23.4 Å². The number of hydrogen-bond acceptors (Lipinski definition) is 4. The van der Waals surface area contributed by atoms with E-state index < -0.39 is 0 Å². The second-order valence-corrected chi connectivity index (χ2v) is 5.00. The highest BCUT2D eigenvalue weighted by atomic mass is 16.5. The van der Waals surface area contributed by atoms with Crippen LogP contribution in [-0.4, -0.2) is 23.8 Å². The van der Waals surface area contributed by atoms with Gasteiger partial charge in [0.25, 0.3) is 0 Å². The van der Waals surface area contributed by atoms with Crippen LogP contribution < -0.4 is 15.2 Å². The molecule has 0 atom stereocenters. The van der Waals surface area contributed by atoms with Crippen LogP contribution in [0.1, 0.15) is 20.3 Å². The molecule has 0 radical (unpaired) electrons. The number of methoxy groups -OCH3 is 2. The van der Waals surface area contributed by atoms with Gasteiger partial charge in [0, 0.05) is 18.7 Å². The monoisotopic (exact) mass is 263 g/mol. The molecule has 2 aromatic rings. The van der Waals surface area contributed by atoms with Gasteiger partial charge in [-0.1, -0.05) is 13.8 Å². The van der Waals surface area contributed by atoms with Gasteiger partial charge in [-0.2, -0.15) is 0 Å². The van der Waals surface area contributed by atoms with E-state index in [2.05, 4.69) is 18.8 Å². The van der Waals surface area contributed by atoms with Crippen molar-refractivity contribution >= 4 is 17.0 Å². The van der Waals surface area contributed by atoms with Crippen molar-refractivity contribution in [3.63, 3.8) is 0 Å². The maximum Gasteiger partial charge on any atom is 0.201 e. The maximum absolute atomic E-state index is 5.99. The normalized spacial score (nSPS) is 11.2. The minimum Gasteiger partial charge on any atom is -0.493 e. The minimum atomic E-state index is 0.533. The van der Waals surface area contributed by atoms with E-state index in [9.17, 15) is 0 Å². The lowest BCUT2D eigenvalue weighted by Gasteiger charge is -2.10. The number of nitrogens with two attached hydrogens (primary N) is 1. The lowest BCUT2D eigenvalue weighted by atomic mass is 10.1. The second-order valence-electron chi connectivity index (χ2n) is 5.00. The third-order valence-electron chi connectivity index (χ3n) is 3.21.